The predicted octanol–water partition coefficient (Wildman–Crippen LogP) is 2.81. The molecule has 7 nitrogen and oxygen atoms in total. The lowest BCUT2D eigenvalue weighted by Crippen LogP contribution is -2.78. The number of phenolic OH excluding ortho intramolecular Hbond substituents is 1. The zero-order valence-corrected chi connectivity index (χ0v) is 20.3. The molecule has 2 bridgehead atoms. The van der Waals surface area contributed by atoms with Gasteiger partial charge in [0.25, 0.3) is 5.91 Å². The number of piperidine rings is 1. The van der Waals surface area contributed by atoms with Crippen molar-refractivity contribution >= 4 is 11.8 Å². The van der Waals surface area contributed by atoms with Crippen molar-refractivity contribution in [2.24, 2.45) is 5.92 Å². The Hall–Kier alpha value is -2.38. The van der Waals surface area contributed by atoms with E-state index in [0.29, 0.717) is 30.6 Å². The topological polar surface area (TPSA) is 90.3 Å². The van der Waals surface area contributed by atoms with Crippen LogP contribution in [0.5, 0.6) is 11.5 Å². The first-order chi connectivity index (χ1) is 16.9. The number of ether oxygens (including phenoxy) is 1. The normalized spacial score (nSPS) is 38.7. The molecule has 2 N–H and O–H groups in total. The lowest BCUT2D eigenvalue weighted by Gasteiger charge is -2.64. The molecular formula is C28H34N2O5. The number of hydrogen-bond donors (Lipinski definition) is 2. The van der Waals surface area contributed by atoms with Gasteiger partial charge in [-0.25, -0.2) is 0 Å². The Bertz CT molecular complexity index is 1160. The Labute approximate surface area is 205 Å². The first-order valence-electron chi connectivity index (χ1n) is 13.4. The molecule has 186 valence electrons. The zero-order chi connectivity index (χ0) is 24.1. The molecule has 2 saturated carbocycles. The van der Waals surface area contributed by atoms with Crippen molar-refractivity contribution in [1.82, 2.24) is 9.80 Å². The number of allylic oxidation sites excluding steroid dienone is 1. The summed E-state index contributed by atoms with van der Waals surface area (Å²) in [7, 11) is 0. The molecule has 3 heterocycles. The van der Waals surface area contributed by atoms with Crippen LogP contribution in [0.3, 0.4) is 0 Å². The third kappa shape index (κ3) is 2.74. The highest BCUT2D eigenvalue weighted by Gasteiger charge is 2.74. The number of aliphatic hydroxyl groups is 1. The standard InChI is InChI=1S/C28H34N2O5/c1-2-3-4-18-14-22(32)30(26(18)33)19-9-10-28(34)21-13-17-7-8-20(31)24-23(17)27(28,25(19)35-24)11-12-29(21)15-16-5-6-16/h4,7-8,16,19,21,25,31,34H,2-3,5-6,9-15H2,1H3/t19-,21-,25+,27+,28-/m1/s1. The number of amides is 2. The maximum Gasteiger partial charge on any atom is 0.256 e. The van der Waals surface area contributed by atoms with Gasteiger partial charge in [0.1, 0.15) is 6.10 Å². The fraction of sp³-hybridized carbons (Fsp3) is 0.643. The van der Waals surface area contributed by atoms with E-state index in [1.807, 2.05) is 12.1 Å². The molecular weight excluding hydrogens is 444 g/mol. The van der Waals surface area contributed by atoms with Crippen molar-refractivity contribution in [3.63, 3.8) is 0 Å². The Kier molecular flexibility index (Phi) is 4.58. The largest absolute Gasteiger partial charge is 0.504 e. The number of carbonyl (C=O) groups excluding carboxylic acids is 2. The van der Waals surface area contributed by atoms with Crippen molar-refractivity contribution in [2.75, 3.05) is 13.1 Å². The van der Waals surface area contributed by atoms with E-state index in [9.17, 15) is 19.8 Å². The number of benzene rings is 1. The van der Waals surface area contributed by atoms with Crippen LogP contribution in [0, 0.1) is 5.92 Å². The number of nitrogens with zero attached hydrogens (tertiary/aromatic N) is 2. The number of hydrogen-bond acceptors (Lipinski definition) is 6. The van der Waals surface area contributed by atoms with Gasteiger partial charge in [-0.15, -0.1) is 0 Å². The smallest absolute Gasteiger partial charge is 0.256 e. The third-order valence-corrected chi connectivity index (χ3v) is 9.85. The molecule has 2 saturated heterocycles. The first kappa shape index (κ1) is 21.9. The summed E-state index contributed by atoms with van der Waals surface area (Å²) in [5.41, 5.74) is 0.894. The molecule has 4 fully saturated rings. The molecule has 0 aromatic heterocycles. The predicted molar refractivity (Wildman–Crippen MR) is 128 cm³/mol. The van der Waals surface area contributed by atoms with Gasteiger partial charge in [0, 0.05) is 23.7 Å². The average molecular weight is 479 g/mol. The van der Waals surface area contributed by atoms with E-state index < -0.39 is 23.2 Å². The second-order valence-corrected chi connectivity index (χ2v) is 11.7. The van der Waals surface area contributed by atoms with Crippen LogP contribution in [0.4, 0.5) is 0 Å². The molecule has 7 rings (SSSR count). The Morgan fingerprint density at radius 3 is 2.80 bits per heavy atom. The molecule has 0 radical (unpaired) electrons. The van der Waals surface area contributed by atoms with Crippen LogP contribution in [-0.2, 0) is 21.4 Å². The lowest BCUT2D eigenvalue weighted by molar-refractivity contribution is -0.201. The maximum absolute atomic E-state index is 13.4. The minimum absolute atomic E-state index is 0.0168. The van der Waals surface area contributed by atoms with E-state index in [4.69, 9.17) is 4.74 Å². The molecule has 3 aliphatic heterocycles. The quantitative estimate of drug-likeness (QED) is 0.500. The van der Waals surface area contributed by atoms with Crippen molar-refractivity contribution in [3.8, 4) is 11.5 Å². The van der Waals surface area contributed by atoms with E-state index in [1.54, 1.807) is 6.07 Å². The SMILES string of the molecule is CCCC=C1CC(=O)N([C@@H]2CC[C@@]3(O)[C@H]4Cc5ccc(O)c6c5[C@@]3(CCN4CC3CC3)[C@H]2O6)C1=O. The number of carbonyl (C=O) groups is 2. The first-order valence-corrected chi connectivity index (χ1v) is 13.4. The average Bonchev–Trinajstić information content (AvgIpc) is 3.51. The zero-order valence-electron chi connectivity index (χ0n) is 20.3. The Morgan fingerprint density at radius 2 is 2.03 bits per heavy atom. The van der Waals surface area contributed by atoms with Crippen molar-refractivity contribution in [2.45, 2.75) is 93.9 Å². The Morgan fingerprint density at radius 1 is 1.20 bits per heavy atom. The maximum atomic E-state index is 13.4. The van der Waals surface area contributed by atoms with Gasteiger partial charge >= 0.3 is 0 Å². The summed E-state index contributed by atoms with van der Waals surface area (Å²) in [6.07, 6.45) is 8.19. The van der Waals surface area contributed by atoms with Crippen LogP contribution in [-0.4, -0.2) is 68.7 Å². The number of phenols is 1. The number of rotatable bonds is 5. The van der Waals surface area contributed by atoms with Gasteiger partial charge in [-0.2, -0.15) is 0 Å². The molecule has 3 aliphatic carbocycles. The fourth-order valence-corrected chi connectivity index (χ4v) is 8.13. The summed E-state index contributed by atoms with van der Waals surface area (Å²) in [5.74, 6) is 0.872. The second kappa shape index (κ2) is 7.32. The third-order valence-electron chi connectivity index (χ3n) is 9.85. The highest BCUT2D eigenvalue weighted by molar-refractivity contribution is 6.13. The van der Waals surface area contributed by atoms with Gasteiger partial charge in [0.15, 0.2) is 11.5 Å². The van der Waals surface area contributed by atoms with E-state index in [0.717, 1.165) is 49.4 Å². The monoisotopic (exact) mass is 478 g/mol. The van der Waals surface area contributed by atoms with Gasteiger partial charge in [-0.1, -0.05) is 25.5 Å². The molecule has 7 heteroatoms. The summed E-state index contributed by atoms with van der Waals surface area (Å²) < 4.78 is 6.55. The molecule has 1 spiro atoms. The highest BCUT2D eigenvalue weighted by atomic mass is 16.5. The summed E-state index contributed by atoms with van der Waals surface area (Å²) >= 11 is 0. The van der Waals surface area contributed by atoms with Gasteiger partial charge in [0.2, 0.25) is 5.91 Å². The summed E-state index contributed by atoms with van der Waals surface area (Å²) in [4.78, 5) is 30.5. The lowest BCUT2D eigenvalue weighted by atomic mass is 9.48. The summed E-state index contributed by atoms with van der Waals surface area (Å²) in [5, 5.41) is 23.4. The van der Waals surface area contributed by atoms with Crippen molar-refractivity contribution in [1.29, 1.82) is 0 Å². The summed E-state index contributed by atoms with van der Waals surface area (Å²) in [6, 6.07) is 3.21. The van der Waals surface area contributed by atoms with Gasteiger partial charge in [-0.05, 0) is 69.0 Å². The van der Waals surface area contributed by atoms with E-state index >= 15 is 0 Å². The van der Waals surface area contributed by atoms with Crippen LogP contribution in [0.1, 0.15) is 69.4 Å². The molecule has 0 unspecified atom stereocenters. The van der Waals surface area contributed by atoms with Crippen molar-refractivity contribution in [3.05, 3.63) is 34.9 Å². The molecule has 1 aromatic rings. The molecule has 2 amide bonds. The second-order valence-electron chi connectivity index (χ2n) is 11.7. The minimum Gasteiger partial charge on any atom is -0.504 e. The summed E-state index contributed by atoms with van der Waals surface area (Å²) in [6.45, 7) is 3.93. The van der Waals surface area contributed by atoms with Crippen LogP contribution < -0.4 is 4.74 Å². The van der Waals surface area contributed by atoms with E-state index in [-0.39, 0.29) is 30.0 Å². The minimum atomic E-state index is -1.01. The fourth-order valence-electron chi connectivity index (χ4n) is 8.13. The van der Waals surface area contributed by atoms with Crippen LogP contribution >= 0.6 is 0 Å². The number of aromatic hydroxyl groups is 1. The molecule has 1 aromatic carbocycles. The Balaban J connectivity index is 1.33. The highest BCUT2D eigenvalue weighted by Crippen LogP contribution is 2.66. The van der Waals surface area contributed by atoms with Gasteiger partial charge in [-0.3, -0.25) is 19.4 Å². The van der Waals surface area contributed by atoms with Crippen LogP contribution in [0.25, 0.3) is 0 Å². The van der Waals surface area contributed by atoms with Gasteiger partial charge < -0.3 is 14.9 Å². The number of likely N-dealkylation sites (tertiary alicyclic amines) is 2. The van der Waals surface area contributed by atoms with Crippen LogP contribution in [0.2, 0.25) is 0 Å². The van der Waals surface area contributed by atoms with E-state index in [1.165, 1.54) is 17.7 Å². The van der Waals surface area contributed by atoms with Crippen LogP contribution in [0.15, 0.2) is 23.8 Å². The molecule has 5 atom stereocenters. The molecule has 6 aliphatic rings. The van der Waals surface area contributed by atoms with Gasteiger partial charge in [0.05, 0.1) is 23.5 Å². The van der Waals surface area contributed by atoms with Crippen molar-refractivity contribution < 1.29 is 24.5 Å². The number of imide groups is 1. The molecule has 35 heavy (non-hydrogen) atoms. The van der Waals surface area contributed by atoms with E-state index in [2.05, 4.69) is 11.8 Å². The number of unbranched alkanes of at least 4 members (excludes halogenated alkanes) is 1.